The maximum Gasteiger partial charge on any atom is 0.268 e. The van der Waals surface area contributed by atoms with E-state index in [2.05, 4.69) is 5.32 Å². The second-order valence-electron chi connectivity index (χ2n) is 5.18. The number of rotatable bonds is 3. The standard InChI is InChI=1S/C17H15FN2O3/c1-11-17(22)20(14-8-4-5-9-15(14)23-11)10-16(21)19-13-7-3-2-6-12(13)18/h2-9,11H,10H2,1H3,(H,19,21)/t11-/m1/s1. The van der Waals surface area contributed by atoms with Crippen molar-refractivity contribution in [2.24, 2.45) is 0 Å². The molecular formula is C17H15FN2O3. The molecule has 1 atom stereocenters. The molecule has 2 amide bonds. The zero-order chi connectivity index (χ0) is 16.4. The molecule has 0 spiro atoms. The summed E-state index contributed by atoms with van der Waals surface area (Å²) in [5.41, 5.74) is 0.610. The van der Waals surface area contributed by atoms with Gasteiger partial charge in [-0.1, -0.05) is 24.3 Å². The van der Waals surface area contributed by atoms with Crippen molar-refractivity contribution in [2.75, 3.05) is 16.8 Å². The van der Waals surface area contributed by atoms with Crippen molar-refractivity contribution < 1.29 is 18.7 Å². The second-order valence-corrected chi connectivity index (χ2v) is 5.18. The quantitative estimate of drug-likeness (QED) is 0.947. The Morgan fingerprint density at radius 2 is 1.91 bits per heavy atom. The van der Waals surface area contributed by atoms with Gasteiger partial charge < -0.3 is 10.1 Å². The summed E-state index contributed by atoms with van der Waals surface area (Å²) in [6, 6.07) is 12.9. The van der Waals surface area contributed by atoms with E-state index in [-0.39, 0.29) is 18.1 Å². The highest BCUT2D eigenvalue weighted by atomic mass is 19.1. The molecule has 1 aliphatic heterocycles. The van der Waals surface area contributed by atoms with E-state index in [9.17, 15) is 14.0 Å². The van der Waals surface area contributed by atoms with Crippen LogP contribution in [0.4, 0.5) is 15.8 Å². The van der Waals surface area contributed by atoms with E-state index >= 15 is 0 Å². The first kappa shape index (κ1) is 15.0. The number of anilines is 2. The van der Waals surface area contributed by atoms with Gasteiger partial charge in [-0.3, -0.25) is 14.5 Å². The Kier molecular flexibility index (Phi) is 3.97. The SMILES string of the molecule is C[C@H]1Oc2ccccc2N(CC(=O)Nc2ccccc2F)C1=O. The highest BCUT2D eigenvalue weighted by molar-refractivity contribution is 6.06. The molecule has 0 fully saturated rings. The molecule has 1 heterocycles. The van der Waals surface area contributed by atoms with E-state index in [1.165, 1.54) is 23.1 Å². The van der Waals surface area contributed by atoms with Gasteiger partial charge in [0.1, 0.15) is 18.1 Å². The molecule has 0 saturated carbocycles. The molecule has 118 valence electrons. The van der Waals surface area contributed by atoms with E-state index in [1.54, 1.807) is 37.3 Å². The Hall–Kier alpha value is -2.89. The Bertz CT molecular complexity index is 763. The Morgan fingerprint density at radius 3 is 2.70 bits per heavy atom. The van der Waals surface area contributed by atoms with Crippen LogP contribution in [0.5, 0.6) is 5.75 Å². The zero-order valence-electron chi connectivity index (χ0n) is 12.5. The van der Waals surface area contributed by atoms with Gasteiger partial charge in [0.2, 0.25) is 5.91 Å². The first-order chi connectivity index (χ1) is 11.1. The molecule has 0 bridgehead atoms. The van der Waals surface area contributed by atoms with Crippen LogP contribution in [0, 0.1) is 5.82 Å². The topological polar surface area (TPSA) is 58.6 Å². The van der Waals surface area contributed by atoms with Crippen molar-refractivity contribution in [3.8, 4) is 5.75 Å². The summed E-state index contributed by atoms with van der Waals surface area (Å²) in [6.07, 6.45) is -0.675. The third-order valence-corrected chi connectivity index (χ3v) is 3.52. The zero-order valence-corrected chi connectivity index (χ0v) is 12.5. The highest BCUT2D eigenvalue weighted by Crippen LogP contribution is 2.33. The number of hydrogen-bond donors (Lipinski definition) is 1. The summed E-state index contributed by atoms with van der Waals surface area (Å²) in [6.45, 7) is 1.41. The minimum absolute atomic E-state index is 0.0829. The molecular weight excluding hydrogens is 299 g/mol. The van der Waals surface area contributed by atoms with Crippen LogP contribution in [-0.4, -0.2) is 24.5 Å². The molecule has 0 saturated heterocycles. The van der Waals surface area contributed by atoms with Gasteiger partial charge >= 0.3 is 0 Å². The van der Waals surface area contributed by atoms with Gasteiger partial charge in [0, 0.05) is 0 Å². The fraction of sp³-hybridized carbons (Fsp3) is 0.176. The summed E-state index contributed by atoms with van der Waals surface area (Å²) >= 11 is 0. The van der Waals surface area contributed by atoms with Crippen LogP contribution in [0.3, 0.4) is 0 Å². The molecule has 3 rings (SSSR count). The number of benzene rings is 2. The van der Waals surface area contributed by atoms with Crippen molar-refractivity contribution in [1.29, 1.82) is 0 Å². The van der Waals surface area contributed by atoms with E-state index in [0.29, 0.717) is 11.4 Å². The van der Waals surface area contributed by atoms with Crippen LogP contribution in [0.1, 0.15) is 6.92 Å². The van der Waals surface area contributed by atoms with Gasteiger partial charge in [-0.2, -0.15) is 0 Å². The first-order valence-electron chi connectivity index (χ1n) is 7.17. The number of amides is 2. The van der Waals surface area contributed by atoms with Gasteiger partial charge in [-0.25, -0.2) is 4.39 Å². The molecule has 6 heteroatoms. The van der Waals surface area contributed by atoms with E-state index < -0.39 is 17.8 Å². The second kappa shape index (κ2) is 6.08. The average molecular weight is 314 g/mol. The van der Waals surface area contributed by atoms with Crippen molar-refractivity contribution in [1.82, 2.24) is 0 Å². The number of ether oxygens (including phenoxy) is 1. The lowest BCUT2D eigenvalue weighted by Gasteiger charge is -2.32. The fourth-order valence-electron chi connectivity index (χ4n) is 2.42. The molecule has 0 aliphatic carbocycles. The summed E-state index contributed by atoms with van der Waals surface area (Å²) in [5, 5.41) is 2.48. The molecule has 0 aromatic heterocycles. The summed E-state index contributed by atoms with van der Waals surface area (Å²) < 4.78 is 19.1. The van der Waals surface area contributed by atoms with E-state index in [1.807, 2.05) is 0 Å². The fourth-order valence-corrected chi connectivity index (χ4v) is 2.42. The van der Waals surface area contributed by atoms with Crippen LogP contribution in [0.25, 0.3) is 0 Å². The Balaban J connectivity index is 1.80. The van der Waals surface area contributed by atoms with Gasteiger partial charge in [0.15, 0.2) is 6.10 Å². The smallest absolute Gasteiger partial charge is 0.268 e. The molecule has 0 unspecified atom stereocenters. The maximum absolute atomic E-state index is 13.6. The number of carbonyl (C=O) groups is 2. The molecule has 5 nitrogen and oxygen atoms in total. The minimum atomic E-state index is -0.675. The predicted octanol–water partition coefficient (Wildman–Crippen LogP) is 2.58. The molecule has 1 aliphatic rings. The highest BCUT2D eigenvalue weighted by Gasteiger charge is 2.32. The van der Waals surface area contributed by atoms with E-state index in [0.717, 1.165) is 0 Å². The third kappa shape index (κ3) is 3.01. The third-order valence-electron chi connectivity index (χ3n) is 3.52. The number of para-hydroxylation sites is 3. The van der Waals surface area contributed by atoms with Gasteiger partial charge in [-0.05, 0) is 31.2 Å². The lowest BCUT2D eigenvalue weighted by molar-refractivity contribution is -0.127. The number of halogens is 1. The lowest BCUT2D eigenvalue weighted by Crippen LogP contribution is -2.47. The summed E-state index contributed by atoms with van der Waals surface area (Å²) in [5.74, 6) is -0.777. The average Bonchev–Trinajstić information content (AvgIpc) is 2.54. The lowest BCUT2D eigenvalue weighted by atomic mass is 10.2. The van der Waals surface area contributed by atoms with E-state index in [4.69, 9.17) is 4.74 Å². The van der Waals surface area contributed by atoms with Crippen molar-refractivity contribution in [2.45, 2.75) is 13.0 Å². The Morgan fingerprint density at radius 1 is 1.22 bits per heavy atom. The molecule has 0 radical (unpaired) electrons. The van der Waals surface area contributed by atoms with Gasteiger partial charge in [-0.15, -0.1) is 0 Å². The van der Waals surface area contributed by atoms with Crippen LogP contribution in [0.15, 0.2) is 48.5 Å². The summed E-state index contributed by atoms with van der Waals surface area (Å²) in [4.78, 5) is 25.8. The Labute approximate surface area is 132 Å². The molecule has 2 aromatic carbocycles. The van der Waals surface area contributed by atoms with Crippen LogP contribution >= 0.6 is 0 Å². The largest absolute Gasteiger partial charge is 0.479 e. The van der Waals surface area contributed by atoms with Crippen LogP contribution < -0.4 is 15.0 Å². The maximum atomic E-state index is 13.6. The van der Waals surface area contributed by atoms with Crippen LogP contribution in [-0.2, 0) is 9.59 Å². The minimum Gasteiger partial charge on any atom is -0.479 e. The number of carbonyl (C=O) groups excluding carboxylic acids is 2. The number of nitrogens with one attached hydrogen (secondary N) is 1. The normalized spacial score (nSPS) is 16.5. The predicted molar refractivity (Wildman–Crippen MR) is 83.9 cm³/mol. The first-order valence-corrected chi connectivity index (χ1v) is 7.17. The van der Waals surface area contributed by atoms with Crippen molar-refractivity contribution >= 4 is 23.2 Å². The van der Waals surface area contributed by atoms with Gasteiger partial charge in [0.05, 0.1) is 11.4 Å². The summed E-state index contributed by atoms with van der Waals surface area (Å²) in [7, 11) is 0. The molecule has 23 heavy (non-hydrogen) atoms. The number of fused-ring (bicyclic) bond motifs is 1. The van der Waals surface area contributed by atoms with Gasteiger partial charge in [0.25, 0.3) is 5.91 Å². The van der Waals surface area contributed by atoms with Crippen molar-refractivity contribution in [3.05, 3.63) is 54.3 Å². The van der Waals surface area contributed by atoms with Crippen molar-refractivity contribution in [3.63, 3.8) is 0 Å². The molecule has 1 N–H and O–H groups in total. The monoisotopic (exact) mass is 314 g/mol. The number of nitrogens with zero attached hydrogens (tertiary/aromatic N) is 1. The van der Waals surface area contributed by atoms with Crippen LogP contribution in [0.2, 0.25) is 0 Å². The number of hydrogen-bond acceptors (Lipinski definition) is 3. The molecule has 2 aromatic rings.